The van der Waals surface area contributed by atoms with Gasteiger partial charge in [0, 0.05) is 5.92 Å². The lowest BCUT2D eigenvalue weighted by Gasteiger charge is -2.41. The molecule has 0 spiro atoms. The fourth-order valence-electron chi connectivity index (χ4n) is 5.72. The number of fused-ring (bicyclic) bond motifs is 2. The van der Waals surface area contributed by atoms with Gasteiger partial charge in [-0.1, -0.05) is 72.8 Å². The highest BCUT2D eigenvalue weighted by atomic mass is 16.6. The van der Waals surface area contributed by atoms with E-state index >= 15 is 0 Å². The summed E-state index contributed by atoms with van der Waals surface area (Å²) in [6.07, 6.45) is 2.26. The Hall–Kier alpha value is -3.70. The van der Waals surface area contributed by atoms with Crippen molar-refractivity contribution in [3.05, 3.63) is 106 Å². The number of aliphatic hydroxyl groups is 1. The molecule has 3 aromatic carbocycles. The van der Waals surface area contributed by atoms with Crippen molar-refractivity contribution in [1.29, 1.82) is 0 Å². The van der Waals surface area contributed by atoms with Gasteiger partial charge in [0.15, 0.2) is 0 Å². The SMILES string of the molecule is Cc1ccc(C)c2c1C=CC(C1(c3ccccc3)C(=O)N(C(=O)OC(C)(C)C)c3ccccc31)C2O. The molecule has 1 aliphatic carbocycles. The molecule has 0 saturated heterocycles. The van der Waals surface area contributed by atoms with E-state index in [4.69, 9.17) is 4.74 Å². The fraction of sp³-hybridized carbons (Fsp3) is 0.290. The second kappa shape index (κ2) is 8.45. The number of hydrogen-bond donors (Lipinski definition) is 1. The highest BCUT2D eigenvalue weighted by Crippen LogP contribution is 2.56. The Bertz CT molecular complexity index is 1390. The van der Waals surface area contributed by atoms with Crippen molar-refractivity contribution in [2.75, 3.05) is 4.90 Å². The van der Waals surface area contributed by atoms with Crippen molar-refractivity contribution < 1.29 is 19.4 Å². The molecule has 3 aromatic rings. The van der Waals surface area contributed by atoms with Crippen molar-refractivity contribution in [1.82, 2.24) is 0 Å². The first-order chi connectivity index (χ1) is 17.1. The van der Waals surface area contributed by atoms with E-state index in [1.165, 1.54) is 0 Å². The maximum Gasteiger partial charge on any atom is 0.421 e. The summed E-state index contributed by atoms with van der Waals surface area (Å²) in [6, 6.07) is 20.8. The standard InChI is InChI=1S/C31H31NO4/c1-19-15-16-20(2)26-22(19)17-18-24(27(26)33)31(21-11-7-6-8-12-21)23-13-9-10-14-25(23)32(28(31)34)29(35)36-30(3,4)5/h6-18,24,27,33H,1-5H3. The van der Waals surface area contributed by atoms with Crippen LogP contribution in [0.4, 0.5) is 10.5 Å². The van der Waals surface area contributed by atoms with E-state index < -0.39 is 35.0 Å². The molecule has 184 valence electrons. The van der Waals surface area contributed by atoms with Gasteiger partial charge in [-0.3, -0.25) is 4.79 Å². The van der Waals surface area contributed by atoms with Gasteiger partial charge in [0.25, 0.3) is 5.91 Å². The number of amides is 2. The number of anilines is 1. The summed E-state index contributed by atoms with van der Waals surface area (Å²) >= 11 is 0. The van der Waals surface area contributed by atoms with Crippen LogP contribution in [0.5, 0.6) is 0 Å². The molecule has 3 unspecified atom stereocenters. The Labute approximate surface area is 212 Å². The molecule has 0 radical (unpaired) electrons. The average Bonchev–Trinajstić information content (AvgIpc) is 3.10. The molecule has 1 aliphatic heterocycles. The zero-order chi connectivity index (χ0) is 25.8. The lowest BCUT2D eigenvalue weighted by atomic mass is 9.61. The fourth-order valence-corrected chi connectivity index (χ4v) is 5.72. The molecule has 36 heavy (non-hydrogen) atoms. The van der Waals surface area contributed by atoms with Crippen LogP contribution in [0.25, 0.3) is 6.08 Å². The van der Waals surface area contributed by atoms with Crippen LogP contribution in [0.3, 0.4) is 0 Å². The van der Waals surface area contributed by atoms with Gasteiger partial charge in [-0.05, 0) is 74.1 Å². The highest BCUT2D eigenvalue weighted by molar-refractivity contribution is 6.22. The number of carbonyl (C=O) groups is 2. The smallest absolute Gasteiger partial charge is 0.421 e. The Morgan fingerprint density at radius 3 is 2.28 bits per heavy atom. The van der Waals surface area contributed by atoms with E-state index in [1.807, 2.05) is 80.6 Å². The molecule has 2 aliphatic rings. The van der Waals surface area contributed by atoms with Crippen LogP contribution in [0.15, 0.2) is 72.8 Å². The predicted molar refractivity (Wildman–Crippen MR) is 141 cm³/mol. The Balaban J connectivity index is 1.77. The lowest BCUT2D eigenvalue weighted by Crippen LogP contribution is -2.50. The topological polar surface area (TPSA) is 66.8 Å². The number of rotatable bonds is 2. The van der Waals surface area contributed by atoms with Gasteiger partial charge >= 0.3 is 6.09 Å². The Kier molecular flexibility index (Phi) is 5.64. The summed E-state index contributed by atoms with van der Waals surface area (Å²) in [5.41, 5.74) is 3.60. The zero-order valence-corrected chi connectivity index (χ0v) is 21.3. The quantitative estimate of drug-likeness (QED) is 0.470. The summed E-state index contributed by atoms with van der Waals surface area (Å²) in [5, 5.41) is 11.9. The van der Waals surface area contributed by atoms with E-state index in [9.17, 15) is 14.7 Å². The number of para-hydroxylation sites is 1. The normalized spacial score (nSPS) is 22.8. The second-order valence-corrected chi connectivity index (χ2v) is 10.7. The second-order valence-electron chi connectivity index (χ2n) is 10.7. The van der Waals surface area contributed by atoms with E-state index in [0.717, 1.165) is 32.7 Å². The van der Waals surface area contributed by atoms with Crippen LogP contribution in [-0.4, -0.2) is 22.7 Å². The summed E-state index contributed by atoms with van der Waals surface area (Å²) in [6.45, 7) is 9.32. The summed E-state index contributed by atoms with van der Waals surface area (Å²) in [5.74, 6) is -1.07. The summed E-state index contributed by atoms with van der Waals surface area (Å²) < 4.78 is 5.67. The third-order valence-electron chi connectivity index (χ3n) is 7.24. The molecule has 1 heterocycles. The first-order valence-corrected chi connectivity index (χ1v) is 12.3. The molecular formula is C31H31NO4. The number of imide groups is 1. The molecule has 5 rings (SSSR count). The van der Waals surface area contributed by atoms with E-state index in [2.05, 4.69) is 0 Å². The number of carbonyl (C=O) groups excluding carboxylic acids is 2. The van der Waals surface area contributed by atoms with Gasteiger partial charge in [0.1, 0.15) is 11.0 Å². The van der Waals surface area contributed by atoms with Gasteiger partial charge in [0.05, 0.1) is 11.8 Å². The first kappa shape index (κ1) is 24.0. The van der Waals surface area contributed by atoms with E-state index in [0.29, 0.717) is 11.3 Å². The third-order valence-corrected chi connectivity index (χ3v) is 7.24. The van der Waals surface area contributed by atoms with Gasteiger partial charge in [0.2, 0.25) is 0 Å². The van der Waals surface area contributed by atoms with Crippen molar-refractivity contribution in [3.8, 4) is 0 Å². The molecule has 0 fully saturated rings. The predicted octanol–water partition coefficient (Wildman–Crippen LogP) is 6.25. The van der Waals surface area contributed by atoms with Crippen molar-refractivity contribution in [2.45, 2.75) is 51.7 Å². The number of aryl methyl sites for hydroxylation is 2. The molecule has 0 aromatic heterocycles. The molecule has 1 N–H and O–H groups in total. The highest BCUT2D eigenvalue weighted by Gasteiger charge is 2.60. The van der Waals surface area contributed by atoms with Crippen LogP contribution in [-0.2, 0) is 14.9 Å². The molecule has 5 nitrogen and oxygen atoms in total. The largest absolute Gasteiger partial charge is 0.443 e. The molecular weight excluding hydrogens is 450 g/mol. The maximum absolute atomic E-state index is 14.6. The van der Waals surface area contributed by atoms with Gasteiger partial charge in [-0.2, -0.15) is 0 Å². The maximum atomic E-state index is 14.6. The Morgan fingerprint density at radius 2 is 1.58 bits per heavy atom. The first-order valence-electron chi connectivity index (χ1n) is 12.3. The molecule has 5 heteroatoms. The van der Waals surface area contributed by atoms with Crippen molar-refractivity contribution in [2.24, 2.45) is 5.92 Å². The summed E-state index contributed by atoms with van der Waals surface area (Å²) in [7, 11) is 0. The van der Waals surface area contributed by atoms with E-state index in [-0.39, 0.29) is 0 Å². The third kappa shape index (κ3) is 3.49. The van der Waals surface area contributed by atoms with Crippen LogP contribution >= 0.6 is 0 Å². The van der Waals surface area contributed by atoms with Crippen LogP contribution in [0.2, 0.25) is 0 Å². The molecule has 3 atom stereocenters. The van der Waals surface area contributed by atoms with Gasteiger partial charge in [-0.15, -0.1) is 0 Å². The molecule has 0 bridgehead atoms. The minimum atomic E-state index is -1.32. The molecule has 0 saturated carbocycles. The van der Waals surface area contributed by atoms with Gasteiger partial charge in [-0.25, -0.2) is 9.69 Å². The number of benzene rings is 3. The number of hydrogen-bond acceptors (Lipinski definition) is 4. The number of ether oxygens (including phenoxy) is 1. The summed E-state index contributed by atoms with van der Waals surface area (Å²) in [4.78, 5) is 29.2. The molecule has 2 amide bonds. The van der Waals surface area contributed by atoms with Crippen LogP contribution in [0.1, 0.15) is 60.3 Å². The van der Waals surface area contributed by atoms with Crippen molar-refractivity contribution in [3.63, 3.8) is 0 Å². The zero-order valence-electron chi connectivity index (χ0n) is 21.3. The Morgan fingerprint density at radius 1 is 0.944 bits per heavy atom. The number of aliphatic hydroxyl groups excluding tert-OH is 1. The van der Waals surface area contributed by atoms with Crippen molar-refractivity contribution >= 4 is 23.8 Å². The number of nitrogens with zero attached hydrogens (tertiary/aromatic N) is 1. The monoisotopic (exact) mass is 481 g/mol. The van der Waals surface area contributed by atoms with E-state index in [1.54, 1.807) is 32.9 Å². The minimum Gasteiger partial charge on any atom is -0.443 e. The lowest BCUT2D eigenvalue weighted by molar-refractivity contribution is -0.124. The minimum absolute atomic E-state index is 0.424. The van der Waals surface area contributed by atoms with Crippen LogP contribution in [0, 0.1) is 19.8 Å². The van der Waals surface area contributed by atoms with Gasteiger partial charge < -0.3 is 9.84 Å². The average molecular weight is 482 g/mol. The van der Waals surface area contributed by atoms with Crippen LogP contribution < -0.4 is 4.90 Å².